The van der Waals surface area contributed by atoms with E-state index >= 15 is 0 Å². The third-order valence-corrected chi connectivity index (χ3v) is 3.23. The molecule has 0 heterocycles. The van der Waals surface area contributed by atoms with E-state index in [4.69, 9.17) is 14.6 Å². The summed E-state index contributed by atoms with van der Waals surface area (Å²) in [7, 11) is 4.68. The smallest absolute Gasteiger partial charge is 0.308 e. The lowest BCUT2D eigenvalue weighted by Gasteiger charge is -2.20. The van der Waals surface area contributed by atoms with Crippen molar-refractivity contribution in [2.75, 3.05) is 27.8 Å². The number of amides is 1. The van der Waals surface area contributed by atoms with Crippen molar-refractivity contribution in [1.82, 2.24) is 4.90 Å². The highest BCUT2D eigenvalue weighted by Gasteiger charge is 2.18. The van der Waals surface area contributed by atoms with Crippen molar-refractivity contribution in [2.45, 2.75) is 13.3 Å². The summed E-state index contributed by atoms with van der Waals surface area (Å²) in [6, 6.07) is 5.23. The molecule has 1 amide bonds. The predicted octanol–water partition coefficient (Wildman–Crippen LogP) is 1.43. The van der Waals surface area contributed by atoms with Gasteiger partial charge in [0.1, 0.15) is 11.5 Å². The molecule has 0 spiro atoms. The summed E-state index contributed by atoms with van der Waals surface area (Å²) < 4.78 is 10.3. The second kappa shape index (κ2) is 7.52. The Balaban J connectivity index is 2.76. The molecule has 0 aliphatic heterocycles. The number of carbonyl (C=O) groups excluding carboxylic acids is 1. The van der Waals surface area contributed by atoms with E-state index < -0.39 is 11.9 Å². The molecule has 0 saturated carbocycles. The zero-order valence-corrected chi connectivity index (χ0v) is 12.8. The van der Waals surface area contributed by atoms with Gasteiger partial charge in [0.05, 0.1) is 26.6 Å². The van der Waals surface area contributed by atoms with Gasteiger partial charge in [-0.15, -0.1) is 0 Å². The molecule has 21 heavy (non-hydrogen) atoms. The summed E-state index contributed by atoms with van der Waals surface area (Å²) in [5, 5.41) is 8.87. The highest BCUT2D eigenvalue weighted by molar-refractivity contribution is 5.80. The number of benzene rings is 1. The Morgan fingerprint density at radius 2 is 1.95 bits per heavy atom. The first-order chi connectivity index (χ1) is 9.88. The van der Waals surface area contributed by atoms with Gasteiger partial charge in [-0.3, -0.25) is 9.59 Å². The summed E-state index contributed by atoms with van der Waals surface area (Å²) in [5.74, 6) is -0.460. The van der Waals surface area contributed by atoms with Gasteiger partial charge in [-0.05, 0) is 6.07 Å². The number of hydrogen-bond acceptors (Lipinski definition) is 4. The first kappa shape index (κ1) is 16.8. The monoisotopic (exact) mass is 295 g/mol. The van der Waals surface area contributed by atoms with Crippen LogP contribution in [-0.4, -0.2) is 49.7 Å². The molecule has 6 nitrogen and oxygen atoms in total. The van der Waals surface area contributed by atoms with Crippen molar-refractivity contribution in [3.05, 3.63) is 23.8 Å². The standard InChI is InChI=1S/C15H21NO5/c1-10(15(18)19)9-16(2)14(17)7-11-5-6-12(20-3)8-13(11)21-4/h5-6,8,10H,7,9H2,1-4H3,(H,18,19). The average molecular weight is 295 g/mol. The van der Waals surface area contributed by atoms with Crippen LogP contribution in [0.3, 0.4) is 0 Å². The molecular weight excluding hydrogens is 274 g/mol. The Morgan fingerprint density at radius 1 is 1.29 bits per heavy atom. The minimum atomic E-state index is -0.920. The van der Waals surface area contributed by atoms with E-state index in [1.807, 2.05) is 0 Å². The molecule has 1 unspecified atom stereocenters. The summed E-state index contributed by atoms with van der Waals surface area (Å²) in [6.07, 6.45) is 0.149. The predicted molar refractivity (Wildman–Crippen MR) is 77.7 cm³/mol. The molecular formula is C15H21NO5. The quantitative estimate of drug-likeness (QED) is 0.823. The fourth-order valence-corrected chi connectivity index (χ4v) is 1.89. The summed E-state index contributed by atoms with van der Waals surface area (Å²) in [4.78, 5) is 24.4. The third kappa shape index (κ3) is 4.66. The molecule has 1 aromatic rings. The van der Waals surface area contributed by atoms with E-state index in [-0.39, 0.29) is 18.9 Å². The van der Waals surface area contributed by atoms with Gasteiger partial charge in [-0.25, -0.2) is 0 Å². The number of aliphatic carboxylic acids is 1. The van der Waals surface area contributed by atoms with E-state index in [2.05, 4.69) is 0 Å². The van der Waals surface area contributed by atoms with Crippen molar-refractivity contribution >= 4 is 11.9 Å². The van der Waals surface area contributed by atoms with Crippen LogP contribution < -0.4 is 9.47 Å². The lowest BCUT2D eigenvalue weighted by Crippen LogP contribution is -2.34. The molecule has 0 fully saturated rings. The van der Waals surface area contributed by atoms with Gasteiger partial charge in [-0.2, -0.15) is 0 Å². The number of carboxylic acids is 1. The molecule has 0 saturated heterocycles. The Morgan fingerprint density at radius 3 is 2.48 bits per heavy atom. The second-order valence-corrected chi connectivity index (χ2v) is 4.87. The normalized spacial score (nSPS) is 11.6. The fraction of sp³-hybridized carbons (Fsp3) is 0.467. The first-order valence-electron chi connectivity index (χ1n) is 6.56. The van der Waals surface area contributed by atoms with Crippen LogP contribution in [0.1, 0.15) is 12.5 Å². The SMILES string of the molecule is COc1ccc(CC(=O)N(C)CC(C)C(=O)O)c(OC)c1. The number of hydrogen-bond donors (Lipinski definition) is 1. The van der Waals surface area contributed by atoms with Crippen LogP contribution in [0.2, 0.25) is 0 Å². The molecule has 0 radical (unpaired) electrons. The molecule has 1 N–H and O–H groups in total. The fourth-order valence-electron chi connectivity index (χ4n) is 1.89. The van der Waals surface area contributed by atoms with Crippen molar-refractivity contribution in [3.63, 3.8) is 0 Å². The number of methoxy groups -OCH3 is 2. The number of ether oxygens (including phenoxy) is 2. The van der Waals surface area contributed by atoms with Crippen molar-refractivity contribution in [1.29, 1.82) is 0 Å². The van der Waals surface area contributed by atoms with E-state index in [1.54, 1.807) is 39.3 Å². The topological polar surface area (TPSA) is 76.1 Å². The van der Waals surface area contributed by atoms with Crippen LogP contribution in [0.15, 0.2) is 18.2 Å². The summed E-state index contributed by atoms with van der Waals surface area (Å²) in [6.45, 7) is 1.74. The molecule has 1 rings (SSSR count). The highest BCUT2D eigenvalue weighted by atomic mass is 16.5. The molecule has 1 atom stereocenters. The lowest BCUT2D eigenvalue weighted by atomic mass is 10.1. The number of rotatable bonds is 7. The highest BCUT2D eigenvalue weighted by Crippen LogP contribution is 2.25. The number of nitrogens with zero attached hydrogens (tertiary/aromatic N) is 1. The number of carboxylic acid groups (broad SMARTS) is 1. The van der Waals surface area contributed by atoms with Gasteiger partial charge in [0.25, 0.3) is 0 Å². The maximum Gasteiger partial charge on any atom is 0.308 e. The van der Waals surface area contributed by atoms with Gasteiger partial charge in [0.2, 0.25) is 5.91 Å². The molecule has 1 aromatic carbocycles. The molecule has 0 aliphatic carbocycles. The molecule has 0 aliphatic rings. The molecule has 0 aromatic heterocycles. The van der Waals surface area contributed by atoms with Crippen LogP contribution in [0.5, 0.6) is 11.5 Å². The van der Waals surface area contributed by atoms with E-state index in [0.29, 0.717) is 11.5 Å². The number of likely N-dealkylation sites (N-methyl/N-ethyl adjacent to an activating group) is 1. The minimum Gasteiger partial charge on any atom is -0.497 e. The second-order valence-electron chi connectivity index (χ2n) is 4.87. The Hall–Kier alpha value is -2.24. The van der Waals surface area contributed by atoms with Crippen LogP contribution in [0, 0.1) is 5.92 Å². The minimum absolute atomic E-state index is 0.149. The van der Waals surface area contributed by atoms with Crippen LogP contribution in [-0.2, 0) is 16.0 Å². The zero-order valence-electron chi connectivity index (χ0n) is 12.8. The van der Waals surface area contributed by atoms with Crippen molar-refractivity contribution in [3.8, 4) is 11.5 Å². The third-order valence-electron chi connectivity index (χ3n) is 3.23. The van der Waals surface area contributed by atoms with Gasteiger partial charge < -0.3 is 19.5 Å². The van der Waals surface area contributed by atoms with Crippen LogP contribution >= 0.6 is 0 Å². The van der Waals surface area contributed by atoms with E-state index in [0.717, 1.165) is 5.56 Å². The maximum absolute atomic E-state index is 12.1. The van der Waals surface area contributed by atoms with Gasteiger partial charge in [0, 0.05) is 25.2 Å². The Bertz CT molecular complexity index is 515. The Labute approximate surface area is 124 Å². The Kier molecular flexibility index (Phi) is 6.02. The average Bonchev–Trinajstić information content (AvgIpc) is 2.47. The van der Waals surface area contributed by atoms with Crippen molar-refractivity contribution in [2.24, 2.45) is 5.92 Å². The van der Waals surface area contributed by atoms with E-state index in [9.17, 15) is 9.59 Å². The molecule has 6 heteroatoms. The van der Waals surface area contributed by atoms with E-state index in [1.165, 1.54) is 12.0 Å². The van der Waals surface area contributed by atoms with Gasteiger partial charge in [-0.1, -0.05) is 13.0 Å². The van der Waals surface area contributed by atoms with Crippen LogP contribution in [0.25, 0.3) is 0 Å². The first-order valence-corrected chi connectivity index (χ1v) is 6.56. The maximum atomic E-state index is 12.1. The zero-order chi connectivity index (χ0) is 16.0. The van der Waals surface area contributed by atoms with Gasteiger partial charge in [0.15, 0.2) is 0 Å². The summed E-state index contributed by atoms with van der Waals surface area (Å²) in [5.41, 5.74) is 0.734. The van der Waals surface area contributed by atoms with Gasteiger partial charge >= 0.3 is 5.97 Å². The van der Waals surface area contributed by atoms with Crippen molar-refractivity contribution < 1.29 is 24.2 Å². The molecule has 116 valence electrons. The number of carbonyl (C=O) groups is 2. The lowest BCUT2D eigenvalue weighted by molar-refractivity contribution is -0.142. The molecule has 0 bridgehead atoms. The largest absolute Gasteiger partial charge is 0.497 e. The van der Waals surface area contributed by atoms with Crippen LogP contribution in [0.4, 0.5) is 0 Å². The summed E-state index contributed by atoms with van der Waals surface area (Å²) >= 11 is 0.